The zero-order chi connectivity index (χ0) is 22.5. The van der Waals surface area contributed by atoms with E-state index >= 15 is 0 Å². The van der Waals surface area contributed by atoms with E-state index in [1.165, 1.54) is 18.3 Å². The first kappa shape index (κ1) is 21.5. The Morgan fingerprint density at radius 3 is 2.62 bits per heavy atom. The van der Waals surface area contributed by atoms with E-state index < -0.39 is 10.8 Å². The molecule has 0 aliphatic carbocycles. The van der Waals surface area contributed by atoms with Crippen LogP contribution < -0.4 is 10.2 Å². The van der Waals surface area contributed by atoms with Gasteiger partial charge in [-0.15, -0.1) is 0 Å². The van der Waals surface area contributed by atoms with Crippen LogP contribution in [0.15, 0.2) is 82.3 Å². The van der Waals surface area contributed by atoms with Gasteiger partial charge in [-0.3, -0.25) is 14.9 Å². The number of hydrogen-bond acceptors (Lipinski definition) is 6. The van der Waals surface area contributed by atoms with Crippen LogP contribution in [0.2, 0.25) is 0 Å². The Morgan fingerprint density at radius 1 is 1.12 bits per heavy atom. The molecule has 3 aromatic carbocycles. The maximum atomic E-state index is 12.2. The number of rotatable bonds is 7. The molecule has 0 spiro atoms. The zero-order valence-electron chi connectivity index (χ0n) is 16.5. The monoisotopic (exact) mass is 541 g/mol. The molecule has 4 rings (SSSR count). The molecule has 0 fully saturated rings. The summed E-state index contributed by atoms with van der Waals surface area (Å²) in [6.45, 7) is 0.287. The molecule has 1 amide bonds. The number of halogens is 1. The van der Waals surface area contributed by atoms with E-state index in [4.69, 9.17) is 9.15 Å². The molecule has 9 heteroatoms. The van der Waals surface area contributed by atoms with Crippen molar-refractivity contribution >= 4 is 51.4 Å². The number of amides is 1. The lowest BCUT2D eigenvalue weighted by atomic mass is 10.2. The number of para-hydroxylation sites is 1. The fraction of sp³-hybridized carbons (Fsp3) is 0.0435. The van der Waals surface area contributed by atoms with Crippen molar-refractivity contribution in [2.45, 2.75) is 6.61 Å². The van der Waals surface area contributed by atoms with Crippen LogP contribution in [0.5, 0.6) is 5.75 Å². The van der Waals surface area contributed by atoms with Crippen LogP contribution in [0.25, 0.3) is 11.0 Å². The summed E-state index contributed by atoms with van der Waals surface area (Å²) in [5.41, 5.74) is 4.74. The van der Waals surface area contributed by atoms with Gasteiger partial charge >= 0.3 is 5.91 Å². The molecule has 32 heavy (non-hydrogen) atoms. The number of hydrazone groups is 1. The molecule has 0 radical (unpaired) electrons. The molecular formula is C23H16IN3O5. The zero-order valence-corrected chi connectivity index (χ0v) is 18.7. The highest BCUT2D eigenvalue weighted by Gasteiger charge is 2.11. The summed E-state index contributed by atoms with van der Waals surface area (Å²) in [5.74, 6) is 0.426. The number of nitrogens with zero attached hydrogens (tertiary/aromatic N) is 2. The Labute approximate surface area is 196 Å². The van der Waals surface area contributed by atoms with E-state index in [9.17, 15) is 14.9 Å². The number of benzene rings is 3. The summed E-state index contributed by atoms with van der Waals surface area (Å²) < 4.78 is 12.2. The molecule has 4 aromatic rings. The van der Waals surface area contributed by atoms with Gasteiger partial charge in [-0.25, -0.2) is 5.43 Å². The Balaban J connectivity index is 1.34. The lowest BCUT2D eigenvalue weighted by Gasteiger charge is -2.09. The first-order chi connectivity index (χ1) is 15.5. The third-order valence-corrected chi connectivity index (χ3v) is 5.37. The molecule has 0 saturated carbocycles. The van der Waals surface area contributed by atoms with Crippen LogP contribution in [0.4, 0.5) is 5.69 Å². The molecule has 0 unspecified atom stereocenters. The third-order valence-electron chi connectivity index (χ3n) is 4.53. The van der Waals surface area contributed by atoms with Gasteiger partial charge in [-0.05, 0) is 76.2 Å². The lowest BCUT2D eigenvalue weighted by molar-refractivity contribution is -0.384. The number of hydrogen-bond donors (Lipinski definition) is 1. The highest BCUT2D eigenvalue weighted by molar-refractivity contribution is 14.1. The van der Waals surface area contributed by atoms with Gasteiger partial charge in [0.15, 0.2) is 5.76 Å². The van der Waals surface area contributed by atoms with Gasteiger partial charge in [0.25, 0.3) is 5.69 Å². The van der Waals surface area contributed by atoms with Crippen molar-refractivity contribution < 1.29 is 18.9 Å². The Kier molecular flexibility index (Phi) is 6.45. The minimum atomic E-state index is -0.438. The van der Waals surface area contributed by atoms with Crippen molar-refractivity contribution in [1.82, 2.24) is 5.43 Å². The van der Waals surface area contributed by atoms with E-state index in [2.05, 4.69) is 33.1 Å². The van der Waals surface area contributed by atoms with E-state index in [-0.39, 0.29) is 18.1 Å². The molecule has 1 heterocycles. The molecule has 1 aromatic heterocycles. The first-order valence-corrected chi connectivity index (χ1v) is 10.5. The van der Waals surface area contributed by atoms with Gasteiger partial charge in [-0.1, -0.05) is 18.2 Å². The Hall–Kier alpha value is -3.73. The van der Waals surface area contributed by atoms with Gasteiger partial charge in [0.05, 0.1) is 14.7 Å². The number of nitro benzene ring substituents is 1. The summed E-state index contributed by atoms with van der Waals surface area (Å²) in [4.78, 5) is 22.5. The highest BCUT2D eigenvalue weighted by atomic mass is 127. The average molecular weight is 541 g/mol. The average Bonchev–Trinajstić information content (AvgIpc) is 3.23. The predicted molar refractivity (Wildman–Crippen MR) is 128 cm³/mol. The summed E-state index contributed by atoms with van der Waals surface area (Å²) >= 11 is 2.15. The van der Waals surface area contributed by atoms with Crippen LogP contribution in [-0.2, 0) is 6.61 Å². The summed E-state index contributed by atoms with van der Waals surface area (Å²) in [7, 11) is 0. The third kappa shape index (κ3) is 5.11. The molecule has 0 atom stereocenters. The molecular weight excluding hydrogens is 525 g/mol. The fourth-order valence-corrected chi connectivity index (χ4v) is 3.60. The maximum Gasteiger partial charge on any atom is 0.307 e. The van der Waals surface area contributed by atoms with Crippen LogP contribution >= 0.6 is 22.6 Å². The normalized spacial score (nSPS) is 11.0. The lowest BCUT2D eigenvalue weighted by Crippen LogP contribution is -2.16. The predicted octanol–water partition coefficient (Wildman–Crippen LogP) is 5.29. The van der Waals surface area contributed by atoms with Gasteiger partial charge < -0.3 is 9.15 Å². The van der Waals surface area contributed by atoms with Crippen molar-refractivity contribution in [3.8, 4) is 5.75 Å². The largest absolute Gasteiger partial charge is 0.488 e. The molecule has 8 nitrogen and oxygen atoms in total. The van der Waals surface area contributed by atoms with Crippen molar-refractivity contribution in [1.29, 1.82) is 0 Å². The summed E-state index contributed by atoms with van der Waals surface area (Å²) in [5, 5.41) is 15.6. The topological polar surface area (TPSA) is 107 Å². The number of non-ortho nitro benzene ring substituents is 1. The van der Waals surface area contributed by atoms with Crippen molar-refractivity contribution in [3.63, 3.8) is 0 Å². The van der Waals surface area contributed by atoms with Gasteiger partial charge in [0.2, 0.25) is 0 Å². The van der Waals surface area contributed by atoms with Crippen molar-refractivity contribution in [2.75, 3.05) is 0 Å². The first-order valence-electron chi connectivity index (χ1n) is 9.47. The number of furan rings is 1. The second-order valence-electron chi connectivity index (χ2n) is 6.75. The van der Waals surface area contributed by atoms with Gasteiger partial charge in [0, 0.05) is 17.5 Å². The molecule has 160 valence electrons. The van der Waals surface area contributed by atoms with Gasteiger partial charge in [-0.2, -0.15) is 5.10 Å². The number of carbonyl (C=O) groups is 1. The Morgan fingerprint density at radius 2 is 1.91 bits per heavy atom. The minimum absolute atomic E-state index is 0.0411. The molecule has 0 aliphatic rings. The Bertz CT molecular complexity index is 1280. The number of carbonyl (C=O) groups excluding carboxylic acids is 1. The van der Waals surface area contributed by atoms with Crippen LogP contribution in [-0.4, -0.2) is 17.0 Å². The number of fused-ring (bicyclic) bond motifs is 1. The standard InChI is InChI=1S/C23H16IN3O5/c24-19-11-16(7-10-21(19)31-14-15-5-8-18(9-6-15)27(29)30)13-25-26-23(28)22-12-17-3-1-2-4-20(17)32-22/h1-13H,14H2,(H,26,28)/b25-13+. The van der Waals surface area contributed by atoms with Crippen LogP contribution in [0.1, 0.15) is 21.7 Å². The summed E-state index contributed by atoms with van der Waals surface area (Å²) in [6, 6.07) is 20.7. The number of nitro groups is 1. The fourth-order valence-electron chi connectivity index (χ4n) is 2.90. The molecule has 0 saturated heterocycles. The molecule has 0 aliphatic heterocycles. The second-order valence-corrected chi connectivity index (χ2v) is 7.91. The maximum absolute atomic E-state index is 12.2. The van der Waals surface area contributed by atoms with Gasteiger partial charge in [0.1, 0.15) is 17.9 Å². The quantitative estimate of drug-likeness (QED) is 0.148. The highest BCUT2D eigenvalue weighted by Crippen LogP contribution is 2.23. The molecule has 0 bridgehead atoms. The minimum Gasteiger partial charge on any atom is -0.488 e. The summed E-state index contributed by atoms with van der Waals surface area (Å²) in [6.07, 6.45) is 1.53. The van der Waals surface area contributed by atoms with E-state index in [0.29, 0.717) is 11.3 Å². The van der Waals surface area contributed by atoms with Crippen molar-refractivity contribution in [2.24, 2.45) is 5.10 Å². The van der Waals surface area contributed by atoms with Crippen LogP contribution in [0, 0.1) is 13.7 Å². The van der Waals surface area contributed by atoms with Crippen LogP contribution in [0.3, 0.4) is 0 Å². The van der Waals surface area contributed by atoms with E-state index in [0.717, 1.165) is 20.1 Å². The number of nitrogens with one attached hydrogen (secondary N) is 1. The van der Waals surface area contributed by atoms with Crippen molar-refractivity contribution in [3.05, 3.63) is 103 Å². The van der Waals surface area contributed by atoms with E-state index in [1.807, 2.05) is 30.3 Å². The second kappa shape index (κ2) is 9.60. The molecule has 1 N–H and O–H groups in total. The van der Waals surface area contributed by atoms with E-state index in [1.54, 1.807) is 30.3 Å². The number of ether oxygens (including phenoxy) is 1. The smallest absolute Gasteiger partial charge is 0.307 e. The SMILES string of the molecule is O=C(N/N=C/c1ccc(OCc2ccc([N+](=O)[O-])cc2)c(I)c1)c1cc2ccccc2o1.